The number of carbonyl (C=O) groups is 1. The van der Waals surface area contributed by atoms with Gasteiger partial charge in [0.2, 0.25) is 0 Å². The quantitative estimate of drug-likeness (QED) is 0.427. The highest BCUT2D eigenvalue weighted by atomic mass is 32.2. The van der Waals surface area contributed by atoms with E-state index in [1.807, 2.05) is 19.1 Å². The number of ether oxygens (including phenoxy) is 1. The van der Waals surface area contributed by atoms with Gasteiger partial charge in [-0.25, -0.2) is 0 Å². The first-order chi connectivity index (χ1) is 6.74. The van der Waals surface area contributed by atoms with Crippen molar-refractivity contribution in [3.8, 4) is 0 Å². The van der Waals surface area contributed by atoms with Crippen LogP contribution in [0.2, 0.25) is 0 Å². The molecule has 0 aliphatic heterocycles. The van der Waals surface area contributed by atoms with Crippen LogP contribution in [-0.4, -0.2) is 24.7 Å². The molecule has 1 heterocycles. The van der Waals surface area contributed by atoms with Gasteiger partial charge in [0.25, 0.3) is 0 Å². The molecule has 0 spiro atoms. The van der Waals surface area contributed by atoms with Crippen LogP contribution in [-0.2, 0) is 4.74 Å². The Kier molecular flexibility index (Phi) is 5.22. The molecule has 0 radical (unpaired) electrons. The third kappa shape index (κ3) is 3.82. The topological polar surface area (TPSA) is 26.3 Å². The van der Waals surface area contributed by atoms with Crippen LogP contribution in [0.4, 0.5) is 0 Å². The van der Waals surface area contributed by atoms with Gasteiger partial charge in [-0.3, -0.25) is 4.79 Å². The minimum Gasteiger partial charge on any atom is -0.381 e. The fourth-order valence-electron chi connectivity index (χ4n) is 0.932. The van der Waals surface area contributed by atoms with Crippen molar-refractivity contribution in [1.29, 1.82) is 0 Å². The maximum Gasteiger partial charge on any atom is 0.169 e. The normalized spacial score (nSPS) is 10.4. The summed E-state index contributed by atoms with van der Waals surface area (Å²) in [5, 5.41) is 0. The highest BCUT2D eigenvalue weighted by molar-refractivity contribution is 8.01. The van der Waals surface area contributed by atoms with Gasteiger partial charge in [-0.15, -0.1) is 23.1 Å². The van der Waals surface area contributed by atoms with Crippen LogP contribution in [0.1, 0.15) is 23.5 Å². The maximum absolute atomic E-state index is 11.0. The Morgan fingerprint density at radius 3 is 2.93 bits per heavy atom. The van der Waals surface area contributed by atoms with Gasteiger partial charge in [0, 0.05) is 12.4 Å². The summed E-state index contributed by atoms with van der Waals surface area (Å²) in [6.07, 6.45) is 0. The van der Waals surface area contributed by atoms with Crippen LogP contribution in [0.5, 0.6) is 0 Å². The van der Waals surface area contributed by atoms with Crippen molar-refractivity contribution in [2.24, 2.45) is 0 Å². The lowest BCUT2D eigenvalue weighted by atomic mass is 10.4. The van der Waals surface area contributed by atoms with Crippen molar-refractivity contribution in [3.05, 3.63) is 17.0 Å². The van der Waals surface area contributed by atoms with Crippen molar-refractivity contribution in [3.63, 3.8) is 0 Å². The average Bonchev–Trinajstić information content (AvgIpc) is 2.61. The predicted molar refractivity (Wildman–Crippen MR) is 61.5 cm³/mol. The molecule has 14 heavy (non-hydrogen) atoms. The highest BCUT2D eigenvalue weighted by Crippen LogP contribution is 2.27. The average molecular weight is 230 g/mol. The number of thioether (sulfide) groups is 1. The molecule has 0 aromatic carbocycles. The van der Waals surface area contributed by atoms with Gasteiger partial charge in [0.1, 0.15) is 0 Å². The summed E-state index contributed by atoms with van der Waals surface area (Å²) in [4.78, 5) is 11.8. The summed E-state index contributed by atoms with van der Waals surface area (Å²) in [5.41, 5.74) is 0. The number of carbonyl (C=O) groups excluding carboxylic acids is 1. The molecule has 0 unspecified atom stereocenters. The number of Topliss-reactive ketones (excluding diaryl/α,β-unsaturated/α-hetero) is 1. The predicted octanol–water partition coefficient (Wildman–Crippen LogP) is 3.08. The Morgan fingerprint density at radius 2 is 2.36 bits per heavy atom. The van der Waals surface area contributed by atoms with Gasteiger partial charge in [0.05, 0.1) is 15.7 Å². The lowest BCUT2D eigenvalue weighted by molar-refractivity contribution is 0.102. The fraction of sp³-hybridized carbons (Fsp3) is 0.500. The molecule has 1 aromatic rings. The van der Waals surface area contributed by atoms with E-state index in [4.69, 9.17) is 4.74 Å². The van der Waals surface area contributed by atoms with Crippen LogP contribution in [0.15, 0.2) is 16.3 Å². The second-order valence-corrected chi connectivity index (χ2v) is 5.20. The monoisotopic (exact) mass is 230 g/mol. The molecule has 2 nitrogen and oxygen atoms in total. The maximum atomic E-state index is 11.0. The molecule has 0 fully saturated rings. The van der Waals surface area contributed by atoms with E-state index in [2.05, 4.69) is 0 Å². The summed E-state index contributed by atoms with van der Waals surface area (Å²) >= 11 is 3.30. The molecule has 4 heteroatoms. The second kappa shape index (κ2) is 6.22. The van der Waals surface area contributed by atoms with Crippen molar-refractivity contribution in [2.75, 3.05) is 19.0 Å². The van der Waals surface area contributed by atoms with Crippen molar-refractivity contribution in [2.45, 2.75) is 18.1 Å². The van der Waals surface area contributed by atoms with Gasteiger partial charge in [-0.1, -0.05) is 0 Å². The van der Waals surface area contributed by atoms with Gasteiger partial charge in [0.15, 0.2) is 5.78 Å². The summed E-state index contributed by atoms with van der Waals surface area (Å²) < 4.78 is 6.42. The van der Waals surface area contributed by atoms with Crippen LogP contribution in [0.3, 0.4) is 0 Å². The first-order valence-electron chi connectivity index (χ1n) is 4.55. The Balaban J connectivity index is 2.33. The first-order valence-corrected chi connectivity index (χ1v) is 6.35. The molecular formula is C10H14O2S2. The summed E-state index contributed by atoms with van der Waals surface area (Å²) in [7, 11) is 0. The van der Waals surface area contributed by atoms with Crippen LogP contribution in [0.25, 0.3) is 0 Å². The van der Waals surface area contributed by atoms with Crippen LogP contribution >= 0.6 is 23.1 Å². The lowest BCUT2D eigenvalue weighted by Gasteiger charge is -1.98. The molecule has 0 amide bonds. The minimum absolute atomic E-state index is 0.145. The van der Waals surface area contributed by atoms with E-state index < -0.39 is 0 Å². The molecule has 0 aliphatic carbocycles. The van der Waals surface area contributed by atoms with E-state index in [-0.39, 0.29) is 5.78 Å². The van der Waals surface area contributed by atoms with E-state index in [0.29, 0.717) is 0 Å². The third-order valence-electron chi connectivity index (χ3n) is 1.60. The number of thiophene rings is 1. The minimum atomic E-state index is 0.145. The Labute approximate surface area is 92.7 Å². The molecule has 0 N–H and O–H groups in total. The Bertz CT molecular complexity index is 294. The van der Waals surface area contributed by atoms with Crippen LogP contribution < -0.4 is 0 Å². The number of hydrogen-bond donors (Lipinski definition) is 0. The largest absolute Gasteiger partial charge is 0.381 e. The number of rotatable bonds is 6. The van der Waals surface area contributed by atoms with Gasteiger partial charge < -0.3 is 4.74 Å². The van der Waals surface area contributed by atoms with Gasteiger partial charge in [-0.2, -0.15) is 0 Å². The second-order valence-electron chi connectivity index (χ2n) is 2.72. The van der Waals surface area contributed by atoms with E-state index >= 15 is 0 Å². The summed E-state index contributed by atoms with van der Waals surface area (Å²) in [6, 6.07) is 3.88. The van der Waals surface area contributed by atoms with E-state index in [1.165, 1.54) is 4.21 Å². The fourth-order valence-corrected chi connectivity index (χ4v) is 2.89. The zero-order valence-corrected chi connectivity index (χ0v) is 10.0. The Morgan fingerprint density at radius 1 is 1.57 bits per heavy atom. The number of ketones is 1. The smallest absolute Gasteiger partial charge is 0.169 e. The third-order valence-corrected chi connectivity index (χ3v) is 3.98. The van der Waals surface area contributed by atoms with Crippen LogP contribution in [0, 0.1) is 0 Å². The van der Waals surface area contributed by atoms with Crippen molar-refractivity contribution in [1.82, 2.24) is 0 Å². The molecule has 0 saturated heterocycles. The zero-order chi connectivity index (χ0) is 10.4. The molecule has 0 bridgehead atoms. The molecule has 0 saturated carbocycles. The first kappa shape index (κ1) is 11.8. The zero-order valence-electron chi connectivity index (χ0n) is 8.41. The molecule has 1 rings (SSSR count). The molecule has 0 aliphatic rings. The molecular weight excluding hydrogens is 216 g/mol. The van der Waals surface area contributed by atoms with Crippen molar-refractivity contribution >= 4 is 28.9 Å². The van der Waals surface area contributed by atoms with E-state index in [1.54, 1.807) is 30.0 Å². The summed E-state index contributed by atoms with van der Waals surface area (Å²) in [6.45, 7) is 5.13. The summed E-state index contributed by atoms with van der Waals surface area (Å²) in [5.74, 6) is 1.10. The van der Waals surface area contributed by atoms with Gasteiger partial charge >= 0.3 is 0 Å². The molecule has 78 valence electrons. The van der Waals surface area contributed by atoms with Crippen molar-refractivity contribution < 1.29 is 9.53 Å². The number of hydrogen-bond acceptors (Lipinski definition) is 4. The van der Waals surface area contributed by atoms with E-state index in [9.17, 15) is 4.79 Å². The highest BCUT2D eigenvalue weighted by Gasteiger charge is 2.03. The van der Waals surface area contributed by atoms with E-state index in [0.717, 1.165) is 23.8 Å². The lowest BCUT2D eigenvalue weighted by Crippen LogP contribution is -1.94. The standard InChI is InChI=1S/C10H14O2S2/c1-3-12-6-7-13-10-5-4-9(14-10)8(2)11/h4-5H,3,6-7H2,1-2H3. The molecule has 0 atom stereocenters. The molecule has 1 aromatic heterocycles. The van der Waals surface area contributed by atoms with Gasteiger partial charge in [-0.05, 0) is 26.0 Å². The SMILES string of the molecule is CCOCCSc1ccc(C(C)=O)s1. The Hall–Kier alpha value is -0.320.